The largest absolute Gasteiger partial charge is 0.436 e. The van der Waals surface area contributed by atoms with Gasteiger partial charge >= 0.3 is 5.97 Å². The predicted molar refractivity (Wildman–Crippen MR) is 84.4 cm³/mol. The van der Waals surface area contributed by atoms with E-state index in [1.54, 1.807) is 6.07 Å². The first-order valence-electron chi connectivity index (χ1n) is 6.85. The Hall–Kier alpha value is -2.00. The lowest BCUT2D eigenvalue weighted by Crippen LogP contribution is -2.42. The summed E-state index contributed by atoms with van der Waals surface area (Å²) in [6.07, 6.45) is -0.491. The molecule has 0 aliphatic carbocycles. The molecule has 0 amide bonds. The number of para-hydroxylation sites is 1. The number of aryl methyl sites for hydroxylation is 1. The van der Waals surface area contributed by atoms with Gasteiger partial charge in [0.05, 0.1) is 17.1 Å². The Balaban J connectivity index is 2.21. The zero-order valence-electron chi connectivity index (χ0n) is 12.0. The topological polar surface area (TPSA) is 29.5 Å². The smallest absolute Gasteiger partial charge is 0.342 e. The van der Waals surface area contributed by atoms with E-state index in [0.29, 0.717) is 5.56 Å². The first-order chi connectivity index (χ1) is 10.1. The summed E-state index contributed by atoms with van der Waals surface area (Å²) >= 11 is 6.03. The second-order valence-electron chi connectivity index (χ2n) is 5.12. The minimum atomic E-state index is -0.491. The second kappa shape index (κ2) is 5.41. The average molecular weight is 302 g/mol. The Morgan fingerprint density at radius 2 is 1.81 bits per heavy atom. The molecule has 1 aliphatic heterocycles. The molecule has 1 heterocycles. The quantitative estimate of drug-likeness (QED) is 0.616. The molecule has 2 aromatic carbocycles. The maximum atomic E-state index is 12.1. The van der Waals surface area contributed by atoms with Crippen molar-refractivity contribution in [2.75, 3.05) is 10.8 Å². The molecule has 1 aliphatic rings. The number of nitrogens with zero attached hydrogens (tertiary/aromatic N) is 1. The summed E-state index contributed by atoms with van der Waals surface area (Å²) in [5.74, 6) is -0.106. The average Bonchev–Trinajstić information content (AvgIpc) is 2.50. The van der Waals surface area contributed by atoms with Gasteiger partial charge in [-0.05, 0) is 43.2 Å². The van der Waals surface area contributed by atoms with E-state index >= 15 is 0 Å². The van der Waals surface area contributed by atoms with Crippen LogP contribution < -0.4 is 4.90 Å². The van der Waals surface area contributed by atoms with Gasteiger partial charge in [0.1, 0.15) is 0 Å². The highest BCUT2D eigenvalue weighted by molar-refractivity contribution is 6.18. The van der Waals surface area contributed by atoms with Crippen LogP contribution in [0.2, 0.25) is 0 Å². The van der Waals surface area contributed by atoms with Gasteiger partial charge in [-0.25, -0.2) is 4.79 Å². The molecule has 0 N–H and O–H groups in total. The standard InChI is InChI=1S/C17H16ClNO2/c1-11-6-5-9-14(12(11)2)19-15-8-4-3-7-13(15)17(20)21-16(19)10-18/h3-9,16H,10H2,1-2H3. The van der Waals surface area contributed by atoms with Crippen LogP contribution in [0.5, 0.6) is 0 Å². The van der Waals surface area contributed by atoms with Crippen molar-refractivity contribution in [3.05, 3.63) is 59.2 Å². The van der Waals surface area contributed by atoms with Gasteiger partial charge < -0.3 is 9.64 Å². The lowest BCUT2D eigenvalue weighted by Gasteiger charge is -2.37. The summed E-state index contributed by atoms with van der Waals surface area (Å²) in [6.45, 7) is 4.13. The van der Waals surface area contributed by atoms with Crippen molar-refractivity contribution in [3.63, 3.8) is 0 Å². The highest BCUT2D eigenvalue weighted by Crippen LogP contribution is 2.38. The van der Waals surface area contributed by atoms with Crippen LogP contribution in [0.1, 0.15) is 21.5 Å². The molecule has 0 saturated heterocycles. The third-order valence-corrected chi connectivity index (χ3v) is 4.15. The zero-order chi connectivity index (χ0) is 15.0. The number of esters is 1. The number of halogens is 1. The number of ether oxygens (including phenoxy) is 1. The highest BCUT2D eigenvalue weighted by atomic mass is 35.5. The molecule has 0 fully saturated rings. The molecule has 2 aromatic rings. The monoisotopic (exact) mass is 301 g/mol. The van der Waals surface area contributed by atoms with Crippen molar-refractivity contribution in [1.29, 1.82) is 0 Å². The van der Waals surface area contributed by atoms with Gasteiger partial charge in [-0.15, -0.1) is 11.6 Å². The van der Waals surface area contributed by atoms with Gasteiger partial charge in [-0.2, -0.15) is 0 Å². The van der Waals surface area contributed by atoms with E-state index in [2.05, 4.69) is 19.9 Å². The summed E-state index contributed by atoms with van der Waals surface area (Å²) in [5, 5.41) is 0. The van der Waals surface area contributed by atoms with Crippen LogP contribution in [0.25, 0.3) is 0 Å². The maximum Gasteiger partial charge on any atom is 0.342 e. The number of hydrogen-bond donors (Lipinski definition) is 0. The van der Waals surface area contributed by atoms with Crippen LogP contribution in [-0.2, 0) is 4.74 Å². The van der Waals surface area contributed by atoms with Crippen molar-refractivity contribution < 1.29 is 9.53 Å². The van der Waals surface area contributed by atoms with Gasteiger partial charge in [-0.3, -0.25) is 0 Å². The van der Waals surface area contributed by atoms with Crippen LogP contribution >= 0.6 is 11.6 Å². The number of carbonyl (C=O) groups excluding carboxylic acids is 1. The fourth-order valence-electron chi connectivity index (χ4n) is 2.63. The molecule has 0 radical (unpaired) electrons. The summed E-state index contributed by atoms with van der Waals surface area (Å²) in [6, 6.07) is 13.6. The molecule has 4 heteroatoms. The fourth-order valence-corrected chi connectivity index (χ4v) is 2.83. The number of carbonyl (C=O) groups is 1. The maximum absolute atomic E-state index is 12.1. The van der Waals surface area contributed by atoms with E-state index in [4.69, 9.17) is 16.3 Å². The number of anilines is 2. The van der Waals surface area contributed by atoms with Gasteiger partial charge in [0.2, 0.25) is 0 Å². The normalized spacial score (nSPS) is 17.4. The summed E-state index contributed by atoms with van der Waals surface area (Å²) < 4.78 is 5.48. The fraction of sp³-hybridized carbons (Fsp3) is 0.235. The number of alkyl halides is 1. The third kappa shape index (κ3) is 2.28. The lowest BCUT2D eigenvalue weighted by molar-refractivity contribution is 0.0330. The third-order valence-electron chi connectivity index (χ3n) is 3.88. The van der Waals surface area contributed by atoms with Crippen LogP contribution in [0.3, 0.4) is 0 Å². The van der Waals surface area contributed by atoms with Crippen LogP contribution in [0.4, 0.5) is 11.4 Å². The zero-order valence-corrected chi connectivity index (χ0v) is 12.7. The number of fused-ring (bicyclic) bond motifs is 1. The number of hydrogen-bond acceptors (Lipinski definition) is 3. The van der Waals surface area contributed by atoms with E-state index in [9.17, 15) is 4.79 Å². The molecule has 3 rings (SSSR count). The van der Waals surface area contributed by atoms with Gasteiger partial charge in [0, 0.05) is 5.69 Å². The van der Waals surface area contributed by atoms with E-state index in [-0.39, 0.29) is 11.8 Å². The van der Waals surface area contributed by atoms with Crippen LogP contribution in [0, 0.1) is 13.8 Å². The Bertz CT molecular complexity index is 699. The molecule has 1 atom stereocenters. The Labute approximate surface area is 129 Å². The molecule has 0 aromatic heterocycles. The number of benzene rings is 2. The summed E-state index contributed by atoms with van der Waals surface area (Å²) in [4.78, 5) is 14.1. The Morgan fingerprint density at radius 3 is 2.57 bits per heavy atom. The summed E-state index contributed by atoms with van der Waals surface area (Å²) in [5.41, 5.74) is 4.77. The lowest BCUT2D eigenvalue weighted by atomic mass is 10.0. The number of cyclic esters (lactones) is 1. The van der Waals surface area contributed by atoms with Crippen molar-refractivity contribution >= 4 is 28.9 Å². The molecule has 0 saturated carbocycles. The predicted octanol–water partition coefficient (Wildman–Crippen LogP) is 4.18. The van der Waals surface area contributed by atoms with Gasteiger partial charge in [-0.1, -0.05) is 24.3 Å². The van der Waals surface area contributed by atoms with E-state index in [1.807, 2.05) is 35.2 Å². The van der Waals surface area contributed by atoms with E-state index in [1.165, 1.54) is 5.56 Å². The Morgan fingerprint density at radius 1 is 1.10 bits per heavy atom. The second-order valence-corrected chi connectivity index (χ2v) is 5.43. The summed E-state index contributed by atoms with van der Waals surface area (Å²) in [7, 11) is 0. The SMILES string of the molecule is Cc1cccc(N2c3ccccc3C(=O)OC2CCl)c1C. The van der Waals surface area contributed by atoms with Crippen molar-refractivity contribution in [1.82, 2.24) is 0 Å². The molecule has 0 bridgehead atoms. The van der Waals surface area contributed by atoms with Crippen LogP contribution in [-0.4, -0.2) is 18.1 Å². The molecule has 108 valence electrons. The Kier molecular flexibility index (Phi) is 3.60. The van der Waals surface area contributed by atoms with E-state index in [0.717, 1.165) is 16.9 Å². The molecule has 0 spiro atoms. The van der Waals surface area contributed by atoms with Crippen LogP contribution in [0.15, 0.2) is 42.5 Å². The minimum Gasteiger partial charge on any atom is -0.436 e. The molecule has 21 heavy (non-hydrogen) atoms. The van der Waals surface area contributed by atoms with Gasteiger partial charge in [0.15, 0.2) is 6.23 Å². The molecular weight excluding hydrogens is 286 g/mol. The highest BCUT2D eigenvalue weighted by Gasteiger charge is 2.33. The molecule has 1 unspecified atom stereocenters. The first kappa shape index (κ1) is 14.0. The first-order valence-corrected chi connectivity index (χ1v) is 7.38. The van der Waals surface area contributed by atoms with Gasteiger partial charge in [0.25, 0.3) is 0 Å². The molecular formula is C17H16ClNO2. The van der Waals surface area contributed by atoms with Crippen molar-refractivity contribution in [2.24, 2.45) is 0 Å². The van der Waals surface area contributed by atoms with Crippen molar-refractivity contribution in [3.8, 4) is 0 Å². The minimum absolute atomic E-state index is 0.216. The van der Waals surface area contributed by atoms with E-state index < -0.39 is 6.23 Å². The number of rotatable bonds is 2. The van der Waals surface area contributed by atoms with Crippen molar-refractivity contribution in [2.45, 2.75) is 20.1 Å². The molecule has 3 nitrogen and oxygen atoms in total.